The van der Waals surface area contributed by atoms with Crippen LogP contribution in [0.5, 0.6) is 0 Å². The molecule has 3 aromatic carbocycles. The van der Waals surface area contributed by atoms with E-state index in [4.69, 9.17) is 0 Å². The summed E-state index contributed by atoms with van der Waals surface area (Å²) < 4.78 is 2.68. The molecule has 3 heterocycles. The van der Waals surface area contributed by atoms with Crippen LogP contribution in [-0.4, -0.2) is 18.0 Å². The molecule has 0 saturated carbocycles. The Balaban J connectivity index is 0.000000200. The minimum atomic E-state index is -1.46. The second-order valence-electron chi connectivity index (χ2n) is 11.3. The van der Waals surface area contributed by atoms with Gasteiger partial charge in [0.05, 0.1) is 0 Å². The SMILES string of the molecule is CC(C)c1ccc(-c2[c-]cccc2)nc1.Cc1ccnc(-c2[c-]cc([Si](C)(C)C)c3c2sc2ccccc23)c1.[Ir]. The van der Waals surface area contributed by atoms with Crippen LogP contribution in [0.4, 0.5) is 0 Å². The molecule has 0 spiro atoms. The van der Waals surface area contributed by atoms with Crippen LogP contribution >= 0.6 is 11.3 Å². The molecule has 0 fully saturated rings. The molecule has 0 amide bonds. The van der Waals surface area contributed by atoms with Gasteiger partial charge in [-0.2, -0.15) is 11.3 Å². The Kier molecular flexibility index (Phi) is 9.53. The first-order chi connectivity index (χ1) is 18.7. The summed E-state index contributed by atoms with van der Waals surface area (Å²) in [4.78, 5) is 9.05. The Morgan fingerprint density at radius 1 is 0.850 bits per heavy atom. The van der Waals surface area contributed by atoms with E-state index in [1.807, 2.05) is 54.1 Å². The molecule has 3 aromatic heterocycles. The molecule has 0 saturated heterocycles. The molecule has 0 aliphatic rings. The molecule has 0 unspecified atom stereocenters. The van der Waals surface area contributed by atoms with Crippen LogP contribution in [0.25, 0.3) is 42.7 Å². The van der Waals surface area contributed by atoms with Crippen molar-refractivity contribution in [2.75, 3.05) is 0 Å². The van der Waals surface area contributed by atoms with Gasteiger partial charge in [-0.3, -0.25) is 0 Å². The standard InChI is InChI=1S/C21H20NSSi.C14H14N.Ir/c1-14-11-12-22-17(13-14)15-9-10-19(24(2,3)4)20-16-7-5-6-8-18(16)23-21(15)20;1-11(2)13-8-9-14(15-10-13)12-6-4-3-5-7-12;/h5-8,10-13H,1-4H3;3-6,8-11H,1-2H3;/q2*-1;. The molecule has 0 atom stereocenters. The molecule has 205 valence electrons. The largest absolute Gasteiger partial charge is 0.305 e. The van der Waals surface area contributed by atoms with Crippen molar-refractivity contribution in [1.29, 1.82) is 0 Å². The first-order valence-electron chi connectivity index (χ1n) is 13.4. The summed E-state index contributed by atoms with van der Waals surface area (Å²) in [6.45, 7) is 13.7. The van der Waals surface area contributed by atoms with Crippen molar-refractivity contribution >= 4 is 44.8 Å². The Morgan fingerprint density at radius 3 is 2.27 bits per heavy atom. The summed E-state index contributed by atoms with van der Waals surface area (Å²) in [6.07, 6.45) is 3.84. The van der Waals surface area contributed by atoms with Gasteiger partial charge in [0, 0.05) is 45.3 Å². The molecule has 40 heavy (non-hydrogen) atoms. The van der Waals surface area contributed by atoms with Gasteiger partial charge in [0.1, 0.15) is 0 Å². The van der Waals surface area contributed by atoms with Crippen molar-refractivity contribution in [3.8, 4) is 22.5 Å². The van der Waals surface area contributed by atoms with Gasteiger partial charge in [0.15, 0.2) is 0 Å². The Hall–Kier alpha value is -2.95. The minimum Gasteiger partial charge on any atom is -0.305 e. The summed E-state index contributed by atoms with van der Waals surface area (Å²) in [6, 6.07) is 34.0. The van der Waals surface area contributed by atoms with Crippen LogP contribution in [0.1, 0.15) is 30.9 Å². The summed E-state index contributed by atoms with van der Waals surface area (Å²) in [5.74, 6) is 0.534. The number of benzene rings is 3. The van der Waals surface area contributed by atoms with Gasteiger partial charge in [-0.05, 0) is 52.0 Å². The molecule has 0 bridgehead atoms. The van der Waals surface area contributed by atoms with E-state index in [0.29, 0.717) is 5.92 Å². The maximum Gasteiger partial charge on any atom is 0.0300 e. The number of hydrogen-bond donors (Lipinski definition) is 0. The fourth-order valence-corrected chi connectivity index (χ4v) is 7.52. The molecule has 6 aromatic rings. The number of aromatic nitrogens is 2. The molecule has 0 aliphatic carbocycles. The second kappa shape index (κ2) is 12.7. The van der Waals surface area contributed by atoms with Crippen molar-refractivity contribution in [3.63, 3.8) is 0 Å². The number of pyridine rings is 2. The van der Waals surface area contributed by atoms with Crippen molar-refractivity contribution in [2.45, 2.75) is 46.3 Å². The van der Waals surface area contributed by atoms with E-state index >= 15 is 0 Å². The molecule has 0 aliphatic heterocycles. The summed E-state index contributed by atoms with van der Waals surface area (Å²) >= 11 is 1.87. The van der Waals surface area contributed by atoms with Crippen molar-refractivity contribution < 1.29 is 20.1 Å². The van der Waals surface area contributed by atoms with Crippen molar-refractivity contribution in [2.24, 2.45) is 0 Å². The molecular formula is C35H34IrN2SSi-2. The zero-order valence-electron chi connectivity index (χ0n) is 23.9. The summed E-state index contributed by atoms with van der Waals surface area (Å²) in [7, 11) is -1.46. The first kappa shape index (κ1) is 30.0. The molecule has 5 heteroatoms. The number of thiophene rings is 1. The van der Waals surface area contributed by atoms with E-state index < -0.39 is 8.07 Å². The molecule has 6 rings (SSSR count). The molecular weight excluding hydrogens is 701 g/mol. The topological polar surface area (TPSA) is 25.8 Å². The van der Waals surface area contributed by atoms with Crippen LogP contribution < -0.4 is 5.19 Å². The normalized spacial score (nSPS) is 11.3. The number of rotatable bonds is 4. The zero-order valence-corrected chi connectivity index (χ0v) is 28.1. The fourth-order valence-electron chi connectivity index (χ4n) is 4.68. The van der Waals surface area contributed by atoms with Crippen LogP contribution in [0.3, 0.4) is 0 Å². The zero-order chi connectivity index (χ0) is 27.6. The first-order valence-corrected chi connectivity index (χ1v) is 17.8. The maximum atomic E-state index is 4.61. The Labute approximate surface area is 256 Å². The fraction of sp³-hybridized carbons (Fsp3) is 0.200. The van der Waals surface area contributed by atoms with E-state index in [1.165, 1.54) is 36.5 Å². The van der Waals surface area contributed by atoms with Crippen LogP contribution in [-0.2, 0) is 20.1 Å². The number of nitrogens with zero attached hydrogens (tertiary/aromatic N) is 2. The van der Waals surface area contributed by atoms with E-state index in [1.54, 1.807) is 0 Å². The van der Waals surface area contributed by atoms with Gasteiger partial charge in [-0.1, -0.05) is 80.8 Å². The van der Waals surface area contributed by atoms with Crippen molar-refractivity contribution in [1.82, 2.24) is 9.97 Å². The molecule has 2 nitrogen and oxygen atoms in total. The smallest absolute Gasteiger partial charge is 0.0300 e. The average molecular weight is 735 g/mol. The predicted octanol–water partition coefficient (Wildman–Crippen LogP) is 9.44. The molecule has 0 N–H and O–H groups in total. The average Bonchev–Trinajstić information content (AvgIpc) is 3.32. The summed E-state index contributed by atoms with van der Waals surface area (Å²) in [5, 5.41) is 4.29. The van der Waals surface area contributed by atoms with Crippen LogP contribution in [0, 0.1) is 19.1 Å². The third kappa shape index (κ3) is 6.50. The number of hydrogen-bond acceptors (Lipinski definition) is 3. The van der Waals surface area contributed by atoms with Gasteiger partial charge in [0.2, 0.25) is 0 Å². The number of fused-ring (bicyclic) bond motifs is 3. The minimum absolute atomic E-state index is 0. The van der Waals surface area contributed by atoms with Crippen LogP contribution in [0.2, 0.25) is 19.6 Å². The van der Waals surface area contributed by atoms with E-state index in [2.05, 4.69) is 111 Å². The van der Waals surface area contributed by atoms with E-state index in [9.17, 15) is 0 Å². The van der Waals surface area contributed by atoms with Gasteiger partial charge >= 0.3 is 0 Å². The predicted molar refractivity (Wildman–Crippen MR) is 172 cm³/mol. The summed E-state index contributed by atoms with van der Waals surface area (Å²) in [5.41, 5.74) is 6.70. The van der Waals surface area contributed by atoms with Crippen LogP contribution in [0.15, 0.2) is 91.3 Å². The van der Waals surface area contributed by atoms with Gasteiger partial charge < -0.3 is 9.97 Å². The third-order valence-electron chi connectivity index (χ3n) is 6.87. The number of aryl methyl sites for hydroxylation is 1. The molecule has 1 radical (unpaired) electrons. The van der Waals surface area contributed by atoms with Crippen molar-refractivity contribution in [3.05, 3.63) is 115 Å². The monoisotopic (exact) mass is 735 g/mol. The van der Waals surface area contributed by atoms with Gasteiger partial charge in [-0.25, -0.2) is 0 Å². The van der Waals surface area contributed by atoms with E-state index in [-0.39, 0.29) is 20.1 Å². The third-order valence-corrected chi connectivity index (χ3v) is 10.1. The van der Waals surface area contributed by atoms with E-state index in [0.717, 1.165) is 22.5 Å². The Bertz CT molecular complexity index is 1720. The second-order valence-corrected chi connectivity index (χ2v) is 17.3. The maximum absolute atomic E-state index is 4.61. The quantitative estimate of drug-likeness (QED) is 0.133. The van der Waals surface area contributed by atoms with Gasteiger partial charge in [-0.15, -0.1) is 58.8 Å². The van der Waals surface area contributed by atoms with Gasteiger partial charge in [0.25, 0.3) is 0 Å². The Morgan fingerprint density at radius 2 is 1.62 bits per heavy atom.